The number of carbonyl (C=O) groups is 1. The lowest BCUT2D eigenvalue weighted by Crippen LogP contribution is -2.28. The van der Waals surface area contributed by atoms with Crippen LogP contribution < -0.4 is 0 Å². The van der Waals surface area contributed by atoms with E-state index in [4.69, 9.17) is 14.2 Å². The molecule has 1 saturated heterocycles. The van der Waals surface area contributed by atoms with Gasteiger partial charge in [-0.25, -0.2) is 4.79 Å². The third-order valence-electron chi connectivity index (χ3n) is 4.55. The van der Waals surface area contributed by atoms with E-state index in [0.29, 0.717) is 0 Å². The zero-order valence-corrected chi connectivity index (χ0v) is 17.9. The molecule has 154 valence electrons. The van der Waals surface area contributed by atoms with Gasteiger partial charge in [-0.1, -0.05) is 29.4 Å². The Hall–Kier alpha value is -1.39. The number of ether oxygens (including phenoxy) is 3. The molecule has 4 nitrogen and oxygen atoms in total. The summed E-state index contributed by atoms with van der Waals surface area (Å²) >= 11 is 0. The van der Waals surface area contributed by atoms with Crippen LogP contribution in [0.4, 0.5) is 0 Å². The van der Waals surface area contributed by atoms with Crippen LogP contribution in [0.1, 0.15) is 79.6 Å². The van der Waals surface area contributed by atoms with Crippen LogP contribution in [0.2, 0.25) is 0 Å². The molecule has 0 amide bonds. The highest BCUT2D eigenvalue weighted by molar-refractivity contribution is 5.82. The van der Waals surface area contributed by atoms with Crippen molar-refractivity contribution in [3.8, 4) is 0 Å². The zero-order valence-electron chi connectivity index (χ0n) is 17.9. The molecular weight excluding hydrogens is 340 g/mol. The Bertz CT molecular complexity index is 524. The molecule has 1 aliphatic heterocycles. The lowest BCUT2D eigenvalue weighted by Gasteiger charge is -2.28. The maximum Gasteiger partial charge on any atom is 0.330 e. The average molecular weight is 379 g/mol. The SMILES string of the molecule is C=C(C)C(CCC(C)=CCCC(C)=CC(=O)OC(C)C)OC1CCCCO1. The summed E-state index contributed by atoms with van der Waals surface area (Å²) in [5.74, 6) is -0.255. The van der Waals surface area contributed by atoms with E-state index in [1.165, 1.54) is 12.0 Å². The van der Waals surface area contributed by atoms with E-state index in [1.807, 2.05) is 27.7 Å². The topological polar surface area (TPSA) is 44.8 Å². The van der Waals surface area contributed by atoms with Gasteiger partial charge in [-0.05, 0) is 79.6 Å². The number of hydrogen-bond acceptors (Lipinski definition) is 4. The van der Waals surface area contributed by atoms with Crippen molar-refractivity contribution in [2.75, 3.05) is 6.61 Å². The normalized spacial score (nSPS) is 19.9. The number of rotatable bonds is 11. The largest absolute Gasteiger partial charge is 0.460 e. The second-order valence-electron chi connectivity index (χ2n) is 7.87. The van der Waals surface area contributed by atoms with Gasteiger partial charge in [0.2, 0.25) is 0 Å². The molecule has 1 fully saturated rings. The highest BCUT2D eigenvalue weighted by Gasteiger charge is 2.20. The molecule has 0 spiro atoms. The van der Waals surface area contributed by atoms with Crippen molar-refractivity contribution < 1.29 is 19.0 Å². The third kappa shape index (κ3) is 11.1. The van der Waals surface area contributed by atoms with Gasteiger partial charge in [-0.2, -0.15) is 0 Å². The van der Waals surface area contributed by atoms with Crippen LogP contribution in [0, 0.1) is 0 Å². The van der Waals surface area contributed by atoms with Crippen LogP contribution in [0.3, 0.4) is 0 Å². The first-order valence-corrected chi connectivity index (χ1v) is 10.2. The molecule has 0 aromatic rings. The first kappa shape index (κ1) is 23.6. The van der Waals surface area contributed by atoms with Crippen molar-refractivity contribution in [1.82, 2.24) is 0 Å². The minimum absolute atomic E-state index is 0.0453. The molecule has 0 bridgehead atoms. The average Bonchev–Trinajstić information content (AvgIpc) is 2.58. The van der Waals surface area contributed by atoms with Crippen molar-refractivity contribution in [2.24, 2.45) is 0 Å². The molecule has 27 heavy (non-hydrogen) atoms. The fraction of sp³-hybridized carbons (Fsp3) is 0.696. The minimum Gasteiger partial charge on any atom is -0.460 e. The van der Waals surface area contributed by atoms with Gasteiger partial charge in [0.05, 0.1) is 12.2 Å². The molecule has 4 heteroatoms. The van der Waals surface area contributed by atoms with E-state index >= 15 is 0 Å². The summed E-state index contributed by atoms with van der Waals surface area (Å²) < 4.78 is 16.9. The first-order chi connectivity index (χ1) is 12.8. The highest BCUT2D eigenvalue weighted by Crippen LogP contribution is 2.22. The lowest BCUT2D eigenvalue weighted by atomic mass is 10.0. The van der Waals surface area contributed by atoms with Crippen molar-refractivity contribution >= 4 is 5.97 Å². The lowest BCUT2D eigenvalue weighted by molar-refractivity contribution is -0.181. The van der Waals surface area contributed by atoms with E-state index in [0.717, 1.165) is 56.3 Å². The molecule has 0 radical (unpaired) electrons. The fourth-order valence-electron chi connectivity index (χ4n) is 2.98. The summed E-state index contributed by atoms with van der Waals surface area (Å²) in [7, 11) is 0. The smallest absolute Gasteiger partial charge is 0.330 e. The molecule has 2 atom stereocenters. The summed E-state index contributed by atoms with van der Waals surface area (Å²) in [6.07, 6.45) is 10.7. The van der Waals surface area contributed by atoms with Gasteiger partial charge in [0.1, 0.15) is 0 Å². The highest BCUT2D eigenvalue weighted by atomic mass is 16.7. The van der Waals surface area contributed by atoms with Crippen LogP contribution in [-0.4, -0.2) is 31.1 Å². The van der Waals surface area contributed by atoms with Crippen LogP contribution in [0.15, 0.2) is 35.5 Å². The summed E-state index contributed by atoms with van der Waals surface area (Å²) in [4.78, 5) is 11.6. The summed E-state index contributed by atoms with van der Waals surface area (Å²) in [6.45, 7) is 14.7. The molecule has 0 N–H and O–H groups in total. The Morgan fingerprint density at radius 2 is 1.93 bits per heavy atom. The summed E-state index contributed by atoms with van der Waals surface area (Å²) in [6, 6.07) is 0. The molecule has 0 aromatic heterocycles. The Morgan fingerprint density at radius 3 is 2.52 bits per heavy atom. The van der Waals surface area contributed by atoms with E-state index in [1.54, 1.807) is 6.08 Å². The van der Waals surface area contributed by atoms with Crippen LogP contribution in [-0.2, 0) is 19.0 Å². The Labute approximate surface area is 165 Å². The quantitative estimate of drug-likeness (QED) is 0.256. The predicted molar refractivity (Wildman–Crippen MR) is 110 cm³/mol. The van der Waals surface area contributed by atoms with E-state index in [2.05, 4.69) is 19.6 Å². The summed E-state index contributed by atoms with van der Waals surface area (Å²) in [5, 5.41) is 0. The van der Waals surface area contributed by atoms with Crippen LogP contribution in [0.25, 0.3) is 0 Å². The van der Waals surface area contributed by atoms with Gasteiger partial charge in [-0.3, -0.25) is 0 Å². The monoisotopic (exact) mass is 378 g/mol. The van der Waals surface area contributed by atoms with Crippen molar-refractivity contribution in [1.29, 1.82) is 0 Å². The molecule has 2 unspecified atom stereocenters. The second-order valence-corrected chi connectivity index (χ2v) is 7.87. The Kier molecular flexibility index (Phi) is 11.3. The molecule has 0 aromatic carbocycles. The summed E-state index contributed by atoms with van der Waals surface area (Å²) in [5.41, 5.74) is 3.44. The molecule has 0 saturated carbocycles. The number of hydrogen-bond donors (Lipinski definition) is 0. The van der Waals surface area contributed by atoms with E-state index in [9.17, 15) is 4.79 Å². The van der Waals surface area contributed by atoms with Crippen molar-refractivity contribution in [3.63, 3.8) is 0 Å². The molecule has 1 aliphatic rings. The number of esters is 1. The molecular formula is C23H38O4. The Balaban J connectivity index is 2.37. The van der Waals surface area contributed by atoms with Crippen molar-refractivity contribution in [2.45, 2.75) is 98.1 Å². The molecule has 1 heterocycles. The van der Waals surface area contributed by atoms with Gasteiger partial charge in [-0.15, -0.1) is 0 Å². The number of carbonyl (C=O) groups excluding carboxylic acids is 1. The van der Waals surface area contributed by atoms with Gasteiger partial charge in [0.25, 0.3) is 0 Å². The maximum absolute atomic E-state index is 11.6. The maximum atomic E-state index is 11.6. The number of allylic oxidation sites excluding steroid dienone is 3. The standard InChI is InChI=1S/C23H38O4/c1-17(2)21(27-23-12-7-8-15-25-23)14-13-19(5)10-9-11-20(6)16-22(24)26-18(3)4/h10,16,18,21,23H,1,7-9,11-15H2,2-6H3. The molecule has 1 rings (SSSR count). The zero-order chi connectivity index (χ0) is 20.2. The fourth-order valence-corrected chi connectivity index (χ4v) is 2.98. The van der Waals surface area contributed by atoms with Crippen LogP contribution >= 0.6 is 0 Å². The second kappa shape index (κ2) is 12.9. The molecule has 0 aliphatic carbocycles. The third-order valence-corrected chi connectivity index (χ3v) is 4.55. The minimum atomic E-state index is -0.255. The van der Waals surface area contributed by atoms with E-state index in [-0.39, 0.29) is 24.5 Å². The van der Waals surface area contributed by atoms with Gasteiger partial charge in [0.15, 0.2) is 6.29 Å². The Morgan fingerprint density at radius 1 is 1.19 bits per heavy atom. The first-order valence-electron chi connectivity index (χ1n) is 10.2. The van der Waals surface area contributed by atoms with Gasteiger partial charge >= 0.3 is 5.97 Å². The predicted octanol–water partition coefficient (Wildman–Crippen LogP) is 5.88. The van der Waals surface area contributed by atoms with Crippen molar-refractivity contribution in [3.05, 3.63) is 35.5 Å². The van der Waals surface area contributed by atoms with E-state index < -0.39 is 0 Å². The van der Waals surface area contributed by atoms with Crippen LogP contribution in [0.5, 0.6) is 0 Å². The van der Waals surface area contributed by atoms with Gasteiger partial charge in [0, 0.05) is 12.7 Å². The van der Waals surface area contributed by atoms with Gasteiger partial charge < -0.3 is 14.2 Å².